The molecule has 0 bridgehead atoms. The molecule has 1 rings (SSSR count). The molecule has 1 saturated carbocycles. The van der Waals surface area contributed by atoms with Crippen LogP contribution < -0.4 is 5.32 Å². The van der Waals surface area contributed by atoms with Gasteiger partial charge in [0.15, 0.2) is 0 Å². The number of halogens is 2. The number of hydrogen-bond acceptors (Lipinski definition) is 2. The summed E-state index contributed by atoms with van der Waals surface area (Å²) >= 11 is 0. The fraction of sp³-hybridized carbons (Fsp3) is 1.00. The van der Waals surface area contributed by atoms with Crippen LogP contribution in [0, 0.1) is 5.92 Å². The zero-order valence-electron chi connectivity index (χ0n) is 10.7. The van der Waals surface area contributed by atoms with Crippen LogP contribution in [0.3, 0.4) is 0 Å². The van der Waals surface area contributed by atoms with E-state index in [-0.39, 0.29) is 6.54 Å². The average Bonchev–Trinajstić information content (AvgIpc) is 2.52. The lowest BCUT2D eigenvalue weighted by Crippen LogP contribution is -2.38. The van der Waals surface area contributed by atoms with Crippen molar-refractivity contribution < 1.29 is 13.9 Å². The zero-order valence-corrected chi connectivity index (χ0v) is 10.7. The van der Waals surface area contributed by atoms with Crippen LogP contribution in [0.4, 0.5) is 8.78 Å². The topological polar surface area (TPSA) is 32.3 Å². The normalized spacial score (nSPS) is 28.1. The lowest BCUT2D eigenvalue weighted by Gasteiger charge is -2.19. The predicted octanol–water partition coefficient (Wildman–Crippen LogP) is 2.95. The van der Waals surface area contributed by atoms with Gasteiger partial charge in [-0.3, -0.25) is 0 Å². The van der Waals surface area contributed by atoms with E-state index in [1.165, 1.54) is 32.1 Å². The average molecular weight is 249 g/mol. The van der Waals surface area contributed by atoms with E-state index in [0.717, 1.165) is 18.8 Å². The Balaban J connectivity index is 2.22. The molecular weight excluding hydrogens is 224 g/mol. The first-order chi connectivity index (χ1) is 8.13. The Bertz CT molecular complexity index is 202. The van der Waals surface area contributed by atoms with Crippen molar-refractivity contribution in [3.8, 4) is 0 Å². The van der Waals surface area contributed by atoms with Crippen LogP contribution in [0.2, 0.25) is 0 Å². The van der Waals surface area contributed by atoms with Crippen molar-refractivity contribution in [2.45, 2.75) is 70.4 Å². The van der Waals surface area contributed by atoms with Crippen molar-refractivity contribution in [1.29, 1.82) is 0 Å². The van der Waals surface area contributed by atoms with E-state index in [9.17, 15) is 8.78 Å². The second-order valence-electron chi connectivity index (χ2n) is 5.17. The summed E-state index contributed by atoms with van der Waals surface area (Å²) in [5.74, 6) is 0.812. The largest absolute Gasteiger partial charge is 0.386 e. The SMILES string of the molecule is CCCC1CCCC(NCC(O)C(F)F)CC1. The second-order valence-corrected chi connectivity index (χ2v) is 5.17. The van der Waals surface area contributed by atoms with E-state index in [0.29, 0.717) is 6.04 Å². The highest BCUT2D eigenvalue weighted by Crippen LogP contribution is 2.26. The molecule has 2 N–H and O–H groups in total. The Morgan fingerprint density at radius 3 is 2.65 bits per heavy atom. The first-order valence-corrected chi connectivity index (χ1v) is 6.83. The summed E-state index contributed by atoms with van der Waals surface area (Å²) in [5, 5.41) is 12.1. The van der Waals surface area contributed by atoms with Crippen LogP contribution in [0.15, 0.2) is 0 Å². The van der Waals surface area contributed by atoms with Gasteiger partial charge in [-0.1, -0.05) is 32.6 Å². The summed E-state index contributed by atoms with van der Waals surface area (Å²) in [7, 11) is 0. The van der Waals surface area contributed by atoms with Crippen molar-refractivity contribution in [3.05, 3.63) is 0 Å². The minimum absolute atomic E-state index is 0.0147. The highest BCUT2D eigenvalue weighted by atomic mass is 19.3. The highest BCUT2D eigenvalue weighted by Gasteiger charge is 2.21. The Morgan fingerprint density at radius 1 is 1.24 bits per heavy atom. The van der Waals surface area contributed by atoms with Crippen LogP contribution in [-0.4, -0.2) is 30.2 Å². The minimum Gasteiger partial charge on any atom is -0.386 e. The van der Waals surface area contributed by atoms with Crippen LogP contribution in [0.1, 0.15) is 51.9 Å². The van der Waals surface area contributed by atoms with Crippen LogP contribution in [0.25, 0.3) is 0 Å². The summed E-state index contributed by atoms with van der Waals surface area (Å²) in [6.07, 6.45) is 4.09. The Hall–Kier alpha value is -0.220. The molecule has 0 spiro atoms. The molecule has 17 heavy (non-hydrogen) atoms. The van der Waals surface area contributed by atoms with Gasteiger partial charge in [0, 0.05) is 12.6 Å². The monoisotopic (exact) mass is 249 g/mol. The fourth-order valence-electron chi connectivity index (χ4n) is 2.66. The summed E-state index contributed by atoms with van der Waals surface area (Å²) in [4.78, 5) is 0. The number of aliphatic hydroxyl groups excluding tert-OH is 1. The van der Waals surface area contributed by atoms with E-state index < -0.39 is 12.5 Å². The van der Waals surface area contributed by atoms with Gasteiger partial charge >= 0.3 is 0 Å². The molecule has 0 aromatic rings. The van der Waals surface area contributed by atoms with E-state index in [1.807, 2.05) is 0 Å². The molecule has 1 aliphatic rings. The fourth-order valence-corrected chi connectivity index (χ4v) is 2.66. The first-order valence-electron chi connectivity index (χ1n) is 6.83. The van der Waals surface area contributed by atoms with E-state index in [4.69, 9.17) is 5.11 Å². The van der Waals surface area contributed by atoms with Crippen LogP contribution >= 0.6 is 0 Å². The molecule has 0 amide bonds. The molecule has 0 radical (unpaired) electrons. The van der Waals surface area contributed by atoms with Crippen LogP contribution in [0.5, 0.6) is 0 Å². The van der Waals surface area contributed by atoms with Gasteiger partial charge in [0.05, 0.1) is 0 Å². The number of alkyl halides is 2. The summed E-state index contributed by atoms with van der Waals surface area (Å²) in [6, 6.07) is 0.310. The molecular formula is C13H25F2NO. The molecule has 4 heteroatoms. The number of nitrogens with one attached hydrogen (secondary N) is 1. The number of aliphatic hydroxyl groups is 1. The van der Waals surface area contributed by atoms with E-state index in [1.54, 1.807) is 0 Å². The first kappa shape index (κ1) is 14.8. The van der Waals surface area contributed by atoms with Gasteiger partial charge in [-0.15, -0.1) is 0 Å². The van der Waals surface area contributed by atoms with Gasteiger partial charge in [-0.05, 0) is 25.2 Å². The molecule has 2 nitrogen and oxygen atoms in total. The van der Waals surface area contributed by atoms with Crippen molar-refractivity contribution in [1.82, 2.24) is 5.32 Å². The predicted molar refractivity (Wildman–Crippen MR) is 65.3 cm³/mol. The molecule has 1 fully saturated rings. The number of rotatable bonds is 6. The lowest BCUT2D eigenvalue weighted by atomic mass is 9.95. The Morgan fingerprint density at radius 2 is 2.00 bits per heavy atom. The van der Waals surface area contributed by atoms with Gasteiger partial charge in [0.25, 0.3) is 6.43 Å². The molecule has 3 atom stereocenters. The summed E-state index contributed by atoms with van der Waals surface area (Å²) in [5.41, 5.74) is 0. The molecule has 0 aromatic carbocycles. The zero-order chi connectivity index (χ0) is 12.7. The Kier molecular flexibility index (Phi) is 6.97. The molecule has 0 heterocycles. The molecule has 3 unspecified atom stereocenters. The molecule has 0 saturated heterocycles. The minimum atomic E-state index is -2.64. The number of hydrogen-bond donors (Lipinski definition) is 2. The third-order valence-electron chi connectivity index (χ3n) is 3.69. The van der Waals surface area contributed by atoms with Crippen molar-refractivity contribution >= 4 is 0 Å². The van der Waals surface area contributed by atoms with Gasteiger partial charge in [0.1, 0.15) is 6.10 Å². The lowest BCUT2D eigenvalue weighted by molar-refractivity contribution is -0.00484. The smallest absolute Gasteiger partial charge is 0.265 e. The molecule has 0 aromatic heterocycles. The molecule has 1 aliphatic carbocycles. The van der Waals surface area contributed by atoms with Gasteiger partial charge in [0.2, 0.25) is 0 Å². The van der Waals surface area contributed by atoms with E-state index >= 15 is 0 Å². The van der Waals surface area contributed by atoms with Crippen molar-refractivity contribution in [2.24, 2.45) is 5.92 Å². The maximum absolute atomic E-state index is 12.1. The molecule has 0 aliphatic heterocycles. The van der Waals surface area contributed by atoms with Gasteiger partial charge in [-0.2, -0.15) is 0 Å². The quantitative estimate of drug-likeness (QED) is 0.709. The van der Waals surface area contributed by atoms with Crippen LogP contribution in [-0.2, 0) is 0 Å². The standard InChI is InChI=1S/C13H25F2NO/c1-2-4-10-5-3-6-11(8-7-10)16-9-12(17)13(14)15/h10-13,16-17H,2-9H2,1H3. The van der Waals surface area contributed by atoms with Gasteiger partial charge < -0.3 is 10.4 Å². The highest BCUT2D eigenvalue weighted by molar-refractivity contribution is 4.76. The maximum Gasteiger partial charge on any atom is 0.265 e. The Labute approximate surface area is 103 Å². The third kappa shape index (κ3) is 5.77. The second kappa shape index (κ2) is 7.98. The maximum atomic E-state index is 12.1. The van der Waals surface area contributed by atoms with E-state index in [2.05, 4.69) is 12.2 Å². The van der Waals surface area contributed by atoms with Gasteiger partial charge in [-0.25, -0.2) is 8.78 Å². The summed E-state index contributed by atoms with van der Waals surface area (Å²) < 4.78 is 24.3. The summed E-state index contributed by atoms with van der Waals surface area (Å²) in [6.45, 7) is 2.22. The third-order valence-corrected chi connectivity index (χ3v) is 3.69. The van der Waals surface area contributed by atoms with Crippen molar-refractivity contribution in [3.63, 3.8) is 0 Å². The van der Waals surface area contributed by atoms with Crippen molar-refractivity contribution in [2.75, 3.05) is 6.54 Å². The molecule has 102 valence electrons.